The second-order valence-corrected chi connectivity index (χ2v) is 8.23. The zero-order valence-corrected chi connectivity index (χ0v) is 17.0. The Morgan fingerprint density at radius 1 is 1.07 bits per heavy atom. The Kier molecular flexibility index (Phi) is 7.76. The van der Waals surface area contributed by atoms with Gasteiger partial charge in [-0.15, -0.1) is 0 Å². The van der Waals surface area contributed by atoms with Gasteiger partial charge in [-0.1, -0.05) is 19.8 Å². The quantitative estimate of drug-likeness (QED) is 0.504. The summed E-state index contributed by atoms with van der Waals surface area (Å²) in [7, 11) is 0. The molecule has 154 valence electrons. The molecule has 1 atom stereocenters. The number of nitrogens with one attached hydrogen (secondary N) is 1. The van der Waals surface area contributed by atoms with Crippen LogP contribution in [-0.2, 0) is 4.79 Å². The van der Waals surface area contributed by atoms with E-state index in [9.17, 15) is 4.79 Å². The molecule has 0 radical (unpaired) electrons. The molecule has 7 nitrogen and oxygen atoms in total. The Hall–Kier alpha value is -1.34. The second-order valence-electron chi connectivity index (χ2n) is 8.23. The van der Waals surface area contributed by atoms with E-state index in [4.69, 9.17) is 5.73 Å². The third kappa shape index (κ3) is 5.82. The zero-order valence-electron chi connectivity index (χ0n) is 17.0. The van der Waals surface area contributed by atoms with Crippen molar-refractivity contribution in [2.75, 3.05) is 58.9 Å². The molecule has 0 spiro atoms. The highest BCUT2D eigenvalue weighted by Gasteiger charge is 2.29. The third-order valence-corrected chi connectivity index (χ3v) is 6.50. The highest BCUT2D eigenvalue weighted by atomic mass is 16.2. The van der Waals surface area contributed by atoms with Gasteiger partial charge in [0.1, 0.15) is 0 Å². The Bertz CT molecular complexity index is 497. The molecule has 1 saturated carbocycles. The summed E-state index contributed by atoms with van der Waals surface area (Å²) in [4.78, 5) is 24.0. The molecule has 2 heterocycles. The minimum atomic E-state index is 0.303. The average molecular weight is 379 g/mol. The molecule has 7 heteroatoms. The Balaban J connectivity index is 1.29. The number of nitrogens with two attached hydrogens (primary N) is 1. The molecule has 3 aliphatic rings. The Morgan fingerprint density at radius 2 is 1.81 bits per heavy atom. The number of amides is 1. The summed E-state index contributed by atoms with van der Waals surface area (Å²) in [5, 5.41) is 3.25. The first-order valence-corrected chi connectivity index (χ1v) is 11.0. The second kappa shape index (κ2) is 10.3. The molecule has 1 amide bonds. The summed E-state index contributed by atoms with van der Waals surface area (Å²) in [6.07, 6.45) is 7.15. The number of hydrogen-bond acceptors (Lipinski definition) is 4. The van der Waals surface area contributed by atoms with Crippen molar-refractivity contribution < 1.29 is 4.79 Å². The van der Waals surface area contributed by atoms with Crippen LogP contribution in [0, 0.1) is 5.92 Å². The SMILES string of the molecule is CCN1CCCC1CN=C(N)NCCN1CCN(C(=O)C2CCCC2)CC1. The van der Waals surface area contributed by atoms with Crippen LogP contribution in [0.3, 0.4) is 0 Å². The van der Waals surface area contributed by atoms with E-state index in [2.05, 4.69) is 31.9 Å². The summed E-state index contributed by atoms with van der Waals surface area (Å²) in [6, 6.07) is 0.556. The predicted molar refractivity (Wildman–Crippen MR) is 110 cm³/mol. The lowest BCUT2D eigenvalue weighted by Crippen LogP contribution is -2.51. The van der Waals surface area contributed by atoms with Crippen molar-refractivity contribution in [2.24, 2.45) is 16.6 Å². The van der Waals surface area contributed by atoms with Crippen LogP contribution >= 0.6 is 0 Å². The number of rotatable bonds is 7. The van der Waals surface area contributed by atoms with Crippen molar-refractivity contribution in [1.82, 2.24) is 20.0 Å². The lowest BCUT2D eigenvalue weighted by atomic mass is 10.1. The average Bonchev–Trinajstić information content (AvgIpc) is 3.38. The molecule has 2 saturated heterocycles. The molecule has 0 aromatic carbocycles. The summed E-state index contributed by atoms with van der Waals surface area (Å²) in [6.45, 7) is 10.7. The first-order chi connectivity index (χ1) is 13.2. The van der Waals surface area contributed by atoms with Crippen LogP contribution in [-0.4, -0.2) is 91.5 Å². The Morgan fingerprint density at radius 3 is 2.52 bits per heavy atom. The molecule has 0 aromatic rings. The van der Waals surface area contributed by atoms with E-state index in [1.54, 1.807) is 0 Å². The van der Waals surface area contributed by atoms with Crippen molar-refractivity contribution in [3.8, 4) is 0 Å². The molecule has 0 bridgehead atoms. The normalized spacial score (nSPS) is 26.0. The number of likely N-dealkylation sites (tertiary alicyclic amines) is 1. The maximum absolute atomic E-state index is 12.5. The summed E-state index contributed by atoms with van der Waals surface area (Å²) >= 11 is 0. The van der Waals surface area contributed by atoms with E-state index in [-0.39, 0.29) is 0 Å². The lowest BCUT2D eigenvalue weighted by molar-refractivity contribution is -0.137. The highest BCUT2D eigenvalue weighted by molar-refractivity contribution is 5.79. The zero-order chi connectivity index (χ0) is 19.1. The number of guanidine groups is 1. The van der Waals surface area contributed by atoms with Crippen LogP contribution in [0.5, 0.6) is 0 Å². The fourth-order valence-electron chi connectivity index (χ4n) is 4.74. The third-order valence-electron chi connectivity index (χ3n) is 6.50. The number of carbonyl (C=O) groups excluding carboxylic acids is 1. The van der Waals surface area contributed by atoms with Gasteiger partial charge < -0.3 is 16.0 Å². The standard InChI is InChI=1S/C20H38N6O/c1-2-25-10-5-8-18(25)16-23-20(21)22-9-11-24-12-14-26(15-13-24)19(27)17-6-3-4-7-17/h17-18H,2-16H2,1H3,(H3,21,22,23). The largest absolute Gasteiger partial charge is 0.370 e. The van der Waals surface area contributed by atoms with Gasteiger partial charge in [0, 0.05) is 51.2 Å². The van der Waals surface area contributed by atoms with Crippen LogP contribution in [0.2, 0.25) is 0 Å². The van der Waals surface area contributed by atoms with E-state index in [1.807, 2.05) is 0 Å². The number of hydrogen-bond donors (Lipinski definition) is 2. The molecule has 3 fully saturated rings. The van der Waals surface area contributed by atoms with Crippen molar-refractivity contribution in [3.05, 3.63) is 0 Å². The van der Waals surface area contributed by atoms with Crippen LogP contribution in [0.4, 0.5) is 0 Å². The lowest BCUT2D eigenvalue weighted by Gasteiger charge is -2.36. The first kappa shape index (κ1) is 20.4. The number of carbonyl (C=O) groups is 1. The summed E-state index contributed by atoms with van der Waals surface area (Å²) < 4.78 is 0. The molecule has 3 rings (SSSR count). The number of likely N-dealkylation sites (N-methyl/N-ethyl adjacent to an activating group) is 1. The van der Waals surface area contributed by atoms with Crippen molar-refractivity contribution in [2.45, 2.75) is 51.5 Å². The van der Waals surface area contributed by atoms with Gasteiger partial charge in [0.05, 0.1) is 6.54 Å². The molecule has 27 heavy (non-hydrogen) atoms. The minimum Gasteiger partial charge on any atom is -0.370 e. The van der Waals surface area contributed by atoms with Gasteiger partial charge >= 0.3 is 0 Å². The topological polar surface area (TPSA) is 77.2 Å². The Labute approximate surface area is 164 Å². The number of nitrogens with zero attached hydrogens (tertiary/aromatic N) is 4. The number of aliphatic imine (C=N–C) groups is 1. The molecule has 2 aliphatic heterocycles. The van der Waals surface area contributed by atoms with Crippen LogP contribution < -0.4 is 11.1 Å². The minimum absolute atomic E-state index is 0.303. The highest BCUT2D eigenvalue weighted by Crippen LogP contribution is 2.26. The monoisotopic (exact) mass is 378 g/mol. The van der Waals surface area contributed by atoms with Gasteiger partial charge in [-0.3, -0.25) is 19.6 Å². The summed E-state index contributed by atoms with van der Waals surface area (Å²) in [5.74, 6) is 1.26. The van der Waals surface area contributed by atoms with E-state index >= 15 is 0 Å². The smallest absolute Gasteiger partial charge is 0.225 e. The molecular formula is C20H38N6O. The molecular weight excluding hydrogens is 340 g/mol. The van der Waals surface area contributed by atoms with Crippen molar-refractivity contribution in [3.63, 3.8) is 0 Å². The maximum atomic E-state index is 12.5. The molecule has 1 unspecified atom stereocenters. The van der Waals surface area contributed by atoms with E-state index in [1.165, 1.54) is 32.2 Å². The van der Waals surface area contributed by atoms with E-state index in [0.29, 0.717) is 23.8 Å². The first-order valence-electron chi connectivity index (χ1n) is 11.0. The molecule has 3 N–H and O–H groups in total. The molecule has 0 aromatic heterocycles. The predicted octanol–water partition coefficient (Wildman–Crippen LogP) is 0.709. The fourth-order valence-corrected chi connectivity index (χ4v) is 4.74. The maximum Gasteiger partial charge on any atom is 0.225 e. The van der Waals surface area contributed by atoms with Crippen molar-refractivity contribution in [1.29, 1.82) is 0 Å². The van der Waals surface area contributed by atoms with Gasteiger partial charge in [0.25, 0.3) is 0 Å². The van der Waals surface area contributed by atoms with Crippen LogP contribution in [0.25, 0.3) is 0 Å². The van der Waals surface area contributed by atoms with Gasteiger partial charge in [-0.25, -0.2) is 0 Å². The summed E-state index contributed by atoms with van der Waals surface area (Å²) in [5.41, 5.74) is 6.03. The van der Waals surface area contributed by atoms with Gasteiger partial charge in [0.2, 0.25) is 5.91 Å². The number of piperazine rings is 1. The van der Waals surface area contributed by atoms with E-state index in [0.717, 1.165) is 65.2 Å². The van der Waals surface area contributed by atoms with Gasteiger partial charge in [-0.2, -0.15) is 0 Å². The molecule has 1 aliphatic carbocycles. The van der Waals surface area contributed by atoms with Crippen LogP contribution in [0.1, 0.15) is 45.4 Å². The van der Waals surface area contributed by atoms with Gasteiger partial charge in [-0.05, 0) is 38.8 Å². The fraction of sp³-hybridized carbons (Fsp3) is 0.900. The van der Waals surface area contributed by atoms with Gasteiger partial charge in [0.15, 0.2) is 5.96 Å². The van der Waals surface area contributed by atoms with E-state index < -0.39 is 0 Å². The van der Waals surface area contributed by atoms with Crippen molar-refractivity contribution >= 4 is 11.9 Å². The van der Waals surface area contributed by atoms with Crippen LogP contribution in [0.15, 0.2) is 4.99 Å².